The van der Waals surface area contributed by atoms with Gasteiger partial charge in [0.1, 0.15) is 12.4 Å². The van der Waals surface area contributed by atoms with Crippen molar-refractivity contribution < 1.29 is 9.53 Å². The Hall–Kier alpha value is -4.05. The molecule has 5 rings (SSSR count). The van der Waals surface area contributed by atoms with Crippen molar-refractivity contribution >= 4 is 27.7 Å². The zero-order chi connectivity index (χ0) is 24.2. The van der Waals surface area contributed by atoms with E-state index >= 15 is 0 Å². The number of hydrogen-bond donors (Lipinski definition) is 1. The summed E-state index contributed by atoms with van der Waals surface area (Å²) in [6, 6.07) is 30.8. The number of carbonyl (C=O) groups excluding carboxylic acids is 1. The molecular formula is C31H30N2O2. The number of rotatable bonds is 9. The Morgan fingerprint density at radius 1 is 0.829 bits per heavy atom. The van der Waals surface area contributed by atoms with E-state index in [-0.39, 0.29) is 0 Å². The molecule has 0 aliphatic carbocycles. The van der Waals surface area contributed by atoms with E-state index in [1.54, 1.807) is 0 Å². The molecule has 35 heavy (non-hydrogen) atoms. The van der Waals surface area contributed by atoms with Gasteiger partial charge in [0.2, 0.25) is 5.91 Å². The number of unbranched alkanes of at least 4 members (excludes halogenated alkanes) is 1. The number of nitrogens with two attached hydrogens (primary N) is 1. The predicted octanol–water partition coefficient (Wildman–Crippen LogP) is 6.86. The number of amides is 1. The molecule has 0 saturated heterocycles. The van der Waals surface area contributed by atoms with E-state index in [1.807, 2.05) is 42.5 Å². The molecular weight excluding hydrogens is 432 g/mol. The normalized spacial score (nSPS) is 11.2. The van der Waals surface area contributed by atoms with Gasteiger partial charge in [-0.25, -0.2) is 0 Å². The van der Waals surface area contributed by atoms with Gasteiger partial charge in [-0.1, -0.05) is 74.0 Å². The second-order valence-electron chi connectivity index (χ2n) is 9.03. The van der Waals surface area contributed by atoms with Crippen molar-refractivity contribution in [3.8, 4) is 5.75 Å². The summed E-state index contributed by atoms with van der Waals surface area (Å²) in [5, 5.41) is 1.99. The van der Waals surface area contributed by atoms with Gasteiger partial charge >= 0.3 is 0 Å². The number of hydrogen-bond acceptors (Lipinski definition) is 2. The van der Waals surface area contributed by atoms with Crippen molar-refractivity contribution in [1.29, 1.82) is 0 Å². The second-order valence-corrected chi connectivity index (χ2v) is 9.03. The Labute approximate surface area is 205 Å². The van der Waals surface area contributed by atoms with Gasteiger partial charge in [0.05, 0.1) is 5.52 Å². The molecule has 1 aromatic heterocycles. The molecule has 0 unspecified atom stereocenters. The van der Waals surface area contributed by atoms with Crippen LogP contribution in [0.15, 0.2) is 91.0 Å². The van der Waals surface area contributed by atoms with Crippen molar-refractivity contribution in [3.05, 3.63) is 113 Å². The number of primary amides is 1. The van der Waals surface area contributed by atoms with Crippen molar-refractivity contribution in [2.24, 2.45) is 5.73 Å². The number of aromatic nitrogens is 1. The lowest BCUT2D eigenvalue weighted by Crippen LogP contribution is -2.11. The molecule has 176 valence electrons. The zero-order valence-electron chi connectivity index (χ0n) is 20.0. The standard InChI is InChI=1S/C31H30N2O2/c1-2-3-9-22-16-17-26-29(19-22)33(28-15-8-14-27(30(26)28)31(32)34)20-24-12-7-13-25(18-24)35-21-23-10-5-4-6-11-23/h4-8,10-19H,2-3,9,20-21H2,1H3,(H2,32,34). The molecule has 0 radical (unpaired) electrons. The quantitative estimate of drug-likeness (QED) is 0.260. The molecule has 1 heterocycles. The van der Waals surface area contributed by atoms with Crippen LogP contribution >= 0.6 is 0 Å². The van der Waals surface area contributed by atoms with E-state index in [0.717, 1.165) is 57.9 Å². The van der Waals surface area contributed by atoms with Crippen LogP contribution in [0.2, 0.25) is 0 Å². The number of carbonyl (C=O) groups is 1. The van der Waals surface area contributed by atoms with Crippen LogP contribution < -0.4 is 10.5 Å². The van der Waals surface area contributed by atoms with Gasteiger partial charge in [0, 0.05) is 28.4 Å². The molecule has 0 atom stereocenters. The van der Waals surface area contributed by atoms with Crippen LogP contribution in [-0.2, 0) is 19.6 Å². The zero-order valence-corrected chi connectivity index (χ0v) is 20.0. The van der Waals surface area contributed by atoms with Gasteiger partial charge in [-0.2, -0.15) is 0 Å². The van der Waals surface area contributed by atoms with Gasteiger partial charge < -0.3 is 15.0 Å². The number of aryl methyl sites for hydroxylation is 1. The molecule has 4 nitrogen and oxygen atoms in total. The average Bonchev–Trinajstić information content (AvgIpc) is 3.20. The monoisotopic (exact) mass is 462 g/mol. The number of nitrogens with zero attached hydrogens (tertiary/aromatic N) is 1. The highest BCUT2D eigenvalue weighted by Crippen LogP contribution is 2.33. The largest absolute Gasteiger partial charge is 0.489 e. The molecule has 0 spiro atoms. The molecule has 5 aromatic rings. The topological polar surface area (TPSA) is 57.2 Å². The SMILES string of the molecule is CCCCc1ccc2c3c(C(N)=O)cccc3n(Cc3cccc(OCc4ccccc4)c3)c2c1. The number of ether oxygens (including phenoxy) is 1. The molecule has 0 bridgehead atoms. The predicted molar refractivity (Wildman–Crippen MR) is 143 cm³/mol. The summed E-state index contributed by atoms with van der Waals surface area (Å²) < 4.78 is 8.36. The lowest BCUT2D eigenvalue weighted by molar-refractivity contribution is 0.100. The highest BCUT2D eigenvalue weighted by Gasteiger charge is 2.17. The van der Waals surface area contributed by atoms with Gasteiger partial charge in [-0.05, 0) is 59.9 Å². The first kappa shape index (κ1) is 22.7. The molecule has 4 heteroatoms. The molecule has 0 saturated carbocycles. The van der Waals surface area contributed by atoms with Crippen LogP contribution in [-0.4, -0.2) is 10.5 Å². The van der Waals surface area contributed by atoms with Crippen LogP contribution in [0.25, 0.3) is 21.8 Å². The van der Waals surface area contributed by atoms with E-state index in [1.165, 1.54) is 5.56 Å². The number of benzene rings is 4. The summed E-state index contributed by atoms with van der Waals surface area (Å²) >= 11 is 0. The minimum Gasteiger partial charge on any atom is -0.489 e. The average molecular weight is 463 g/mol. The summed E-state index contributed by atoms with van der Waals surface area (Å²) in [6.07, 6.45) is 3.35. The van der Waals surface area contributed by atoms with E-state index in [0.29, 0.717) is 18.7 Å². The fraction of sp³-hybridized carbons (Fsp3) is 0.194. The summed E-state index contributed by atoms with van der Waals surface area (Å²) in [4.78, 5) is 12.3. The van der Waals surface area contributed by atoms with E-state index in [4.69, 9.17) is 10.5 Å². The Morgan fingerprint density at radius 2 is 1.63 bits per heavy atom. The highest BCUT2D eigenvalue weighted by molar-refractivity contribution is 6.18. The molecule has 2 N–H and O–H groups in total. The molecule has 0 aliphatic rings. The summed E-state index contributed by atoms with van der Waals surface area (Å²) in [5.41, 5.74) is 12.0. The van der Waals surface area contributed by atoms with Crippen LogP contribution in [0.5, 0.6) is 5.75 Å². The van der Waals surface area contributed by atoms with Gasteiger partial charge in [-0.15, -0.1) is 0 Å². The third kappa shape index (κ3) is 4.78. The smallest absolute Gasteiger partial charge is 0.249 e. The van der Waals surface area contributed by atoms with Crippen molar-refractivity contribution in [3.63, 3.8) is 0 Å². The first-order valence-electron chi connectivity index (χ1n) is 12.2. The maximum absolute atomic E-state index is 12.3. The first-order chi connectivity index (χ1) is 17.1. The van der Waals surface area contributed by atoms with Gasteiger partial charge in [-0.3, -0.25) is 4.79 Å². The van der Waals surface area contributed by atoms with E-state index in [9.17, 15) is 4.79 Å². The minimum absolute atomic E-state index is 0.402. The molecule has 4 aromatic carbocycles. The fourth-order valence-electron chi connectivity index (χ4n) is 4.76. The Bertz CT molecular complexity index is 1480. The first-order valence-corrected chi connectivity index (χ1v) is 12.2. The Kier molecular flexibility index (Phi) is 6.53. The maximum Gasteiger partial charge on any atom is 0.249 e. The molecule has 0 aliphatic heterocycles. The fourth-order valence-corrected chi connectivity index (χ4v) is 4.76. The third-order valence-electron chi connectivity index (χ3n) is 6.53. The lowest BCUT2D eigenvalue weighted by atomic mass is 10.0. The summed E-state index contributed by atoms with van der Waals surface area (Å²) in [5.74, 6) is 0.439. The summed E-state index contributed by atoms with van der Waals surface area (Å²) in [7, 11) is 0. The third-order valence-corrected chi connectivity index (χ3v) is 6.53. The van der Waals surface area contributed by atoms with E-state index in [2.05, 4.69) is 60.0 Å². The van der Waals surface area contributed by atoms with E-state index < -0.39 is 5.91 Å². The van der Waals surface area contributed by atoms with Crippen molar-refractivity contribution in [2.75, 3.05) is 0 Å². The molecule has 0 fully saturated rings. The Balaban J connectivity index is 1.55. The summed E-state index contributed by atoms with van der Waals surface area (Å²) in [6.45, 7) is 3.41. The maximum atomic E-state index is 12.3. The van der Waals surface area contributed by atoms with Crippen LogP contribution in [0.4, 0.5) is 0 Å². The van der Waals surface area contributed by atoms with Gasteiger partial charge in [0.25, 0.3) is 0 Å². The van der Waals surface area contributed by atoms with Crippen molar-refractivity contribution in [2.45, 2.75) is 39.3 Å². The molecule has 1 amide bonds. The minimum atomic E-state index is -0.402. The number of fused-ring (bicyclic) bond motifs is 3. The van der Waals surface area contributed by atoms with Crippen LogP contribution in [0, 0.1) is 0 Å². The van der Waals surface area contributed by atoms with Crippen LogP contribution in [0.1, 0.15) is 46.8 Å². The second kappa shape index (κ2) is 10.1. The Morgan fingerprint density at radius 3 is 2.43 bits per heavy atom. The highest BCUT2D eigenvalue weighted by atomic mass is 16.5. The van der Waals surface area contributed by atoms with Gasteiger partial charge in [0.15, 0.2) is 0 Å². The van der Waals surface area contributed by atoms with Crippen molar-refractivity contribution in [1.82, 2.24) is 4.57 Å². The lowest BCUT2D eigenvalue weighted by Gasteiger charge is -2.11. The van der Waals surface area contributed by atoms with Crippen LogP contribution in [0.3, 0.4) is 0 Å².